The van der Waals surface area contributed by atoms with Crippen molar-refractivity contribution in [2.24, 2.45) is 0 Å². The summed E-state index contributed by atoms with van der Waals surface area (Å²) in [6, 6.07) is 8.58. The van der Waals surface area contributed by atoms with Gasteiger partial charge in [-0.25, -0.2) is 0 Å². The fraction of sp³-hybridized carbons (Fsp3) is 0.308. The average molecular weight is 186 g/mol. The first-order valence-electron chi connectivity index (χ1n) is 5.05. The SMILES string of the molecule is C[C](C)CN1C=Cc2ccccc2C1. The van der Waals surface area contributed by atoms with Gasteiger partial charge >= 0.3 is 0 Å². The van der Waals surface area contributed by atoms with Crippen LogP contribution in [-0.2, 0) is 6.54 Å². The summed E-state index contributed by atoms with van der Waals surface area (Å²) in [6.07, 6.45) is 4.39. The highest BCUT2D eigenvalue weighted by atomic mass is 15.1. The summed E-state index contributed by atoms with van der Waals surface area (Å²) in [7, 11) is 0. The number of fused-ring (bicyclic) bond motifs is 1. The standard InChI is InChI=1S/C13H16N/c1-11(2)9-14-8-7-12-5-3-4-6-13(12)10-14/h3-8H,9-10H2,1-2H3. The lowest BCUT2D eigenvalue weighted by atomic mass is 10.0. The Labute approximate surface area is 86.1 Å². The van der Waals surface area contributed by atoms with Crippen molar-refractivity contribution in [1.82, 2.24) is 4.90 Å². The molecule has 0 aromatic heterocycles. The van der Waals surface area contributed by atoms with E-state index in [0.29, 0.717) is 0 Å². The van der Waals surface area contributed by atoms with Crippen molar-refractivity contribution in [2.45, 2.75) is 20.4 Å². The molecule has 0 aliphatic carbocycles. The van der Waals surface area contributed by atoms with E-state index in [1.54, 1.807) is 0 Å². The Hall–Kier alpha value is -1.24. The van der Waals surface area contributed by atoms with E-state index < -0.39 is 0 Å². The molecule has 1 aliphatic rings. The van der Waals surface area contributed by atoms with Crippen molar-refractivity contribution in [2.75, 3.05) is 6.54 Å². The maximum atomic E-state index is 2.34. The summed E-state index contributed by atoms with van der Waals surface area (Å²) < 4.78 is 0. The van der Waals surface area contributed by atoms with E-state index in [1.807, 2.05) is 0 Å². The zero-order valence-corrected chi connectivity index (χ0v) is 8.83. The molecule has 0 bridgehead atoms. The molecule has 73 valence electrons. The van der Waals surface area contributed by atoms with Gasteiger partial charge in [0.05, 0.1) is 0 Å². The van der Waals surface area contributed by atoms with Gasteiger partial charge in [0, 0.05) is 13.1 Å². The van der Waals surface area contributed by atoms with E-state index in [1.165, 1.54) is 17.0 Å². The molecule has 0 spiro atoms. The molecule has 1 heteroatoms. The molecule has 0 saturated heterocycles. The third kappa shape index (κ3) is 1.98. The molecule has 0 N–H and O–H groups in total. The third-order valence-electron chi connectivity index (χ3n) is 2.41. The summed E-state index contributed by atoms with van der Waals surface area (Å²) in [6.45, 7) is 6.45. The topological polar surface area (TPSA) is 3.24 Å². The van der Waals surface area contributed by atoms with Gasteiger partial charge in [0.25, 0.3) is 0 Å². The van der Waals surface area contributed by atoms with Crippen LogP contribution < -0.4 is 0 Å². The largest absolute Gasteiger partial charge is 0.372 e. The molecule has 1 nitrogen and oxygen atoms in total. The zero-order chi connectivity index (χ0) is 9.97. The first kappa shape index (κ1) is 9.32. The number of benzene rings is 1. The van der Waals surface area contributed by atoms with Crippen LogP contribution in [0, 0.1) is 5.92 Å². The normalized spacial score (nSPS) is 14.6. The van der Waals surface area contributed by atoms with E-state index >= 15 is 0 Å². The first-order valence-corrected chi connectivity index (χ1v) is 5.05. The quantitative estimate of drug-likeness (QED) is 0.686. The molecule has 1 heterocycles. The van der Waals surface area contributed by atoms with Crippen LogP contribution in [0.3, 0.4) is 0 Å². The molecule has 2 rings (SSSR count). The second-order valence-electron chi connectivity index (χ2n) is 4.13. The molecule has 0 unspecified atom stereocenters. The predicted octanol–water partition coefficient (Wildman–Crippen LogP) is 3.09. The van der Waals surface area contributed by atoms with Crippen molar-refractivity contribution in [3.8, 4) is 0 Å². The monoisotopic (exact) mass is 186 g/mol. The smallest absolute Gasteiger partial charge is 0.0430 e. The Morgan fingerprint density at radius 2 is 2.07 bits per heavy atom. The van der Waals surface area contributed by atoms with Gasteiger partial charge in [-0.15, -0.1) is 0 Å². The fourth-order valence-corrected chi connectivity index (χ4v) is 1.81. The molecule has 1 aliphatic heterocycles. The fourth-order valence-electron chi connectivity index (χ4n) is 1.81. The minimum atomic E-state index is 1.04. The van der Waals surface area contributed by atoms with Crippen LogP contribution >= 0.6 is 0 Å². The van der Waals surface area contributed by atoms with Crippen LogP contribution in [0.15, 0.2) is 30.5 Å². The zero-order valence-electron chi connectivity index (χ0n) is 8.83. The number of nitrogens with zero attached hydrogens (tertiary/aromatic N) is 1. The van der Waals surface area contributed by atoms with E-state index in [-0.39, 0.29) is 0 Å². The molecular formula is C13H16N. The van der Waals surface area contributed by atoms with Crippen LogP contribution in [0.2, 0.25) is 0 Å². The maximum Gasteiger partial charge on any atom is 0.0430 e. The van der Waals surface area contributed by atoms with Crippen molar-refractivity contribution in [3.63, 3.8) is 0 Å². The Kier molecular flexibility index (Phi) is 2.58. The molecule has 1 aromatic carbocycles. The lowest BCUT2D eigenvalue weighted by Gasteiger charge is -2.26. The van der Waals surface area contributed by atoms with E-state index in [9.17, 15) is 0 Å². The maximum absolute atomic E-state index is 2.34. The minimum absolute atomic E-state index is 1.04. The molecule has 0 saturated carbocycles. The predicted molar refractivity (Wildman–Crippen MR) is 60.5 cm³/mol. The van der Waals surface area contributed by atoms with Gasteiger partial charge in [-0.05, 0) is 29.3 Å². The average Bonchev–Trinajstić information content (AvgIpc) is 2.17. The highest BCUT2D eigenvalue weighted by molar-refractivity contribution is 5.55. The molecule has 0 amide bonds. The molecule has 14 heavy (non-hydrogen) atoms. The van der Waals surface area contributed by atoms with E-state index in [0.717, 1.165) is 13.1 Å². The molecule has 0 atom stereocenters. The van der Waals surface area contributed by atoms with Gasteiger partial charge in [0.1, 0.15) is 0 Å². The second kappa shape index (κ2) is 3.87. The van der Waals surface area contributed by atoms with Crippen LogP contribution in [0.1, 0.15) is 25.0 Å². The van der Waals surface area contributed by atoms with Crippen LogP contribution in [0.4, 0.5) is 0 Å². The van der Waals surface area contributed by atoms with E-state index in [4.69, 9.17) is 0 Å². The minimum Gasteiger partial charge on any atom is -0.372 e. The molecular weight excluding hydrogens is 170 g/mol. The highest BCUT2D eigenvalue weighted by Gasteiger charge is 2.10. The lowest BCUT2D eigenvalue weighted by molar-refractivity contribution is 0.380. The highest BCUT2D eigenvalue weighted by Crippen LogP contribution is 2.19. The lowest BCUT2D eigenvalue weighted by Crippen LogP contribution is -2.23. The van der Waals surface area contributed by atoms with Crippen molar-refractivity contribution < 1.29 is 0 Å². The Morgan fingerprint density at radius 1 is 1.29 bits per heavy atom. The number of rotatable bonds is 2. The van der Waals surface area contributed by atoms with Gasteiger partial charge in [-0.1, -0.05) is 38.1 Å². The van der Waals surface area contributed by atoms with Gasteiger partial charge in [-0.3, -0.25) is 0 Å². The van der Waals surface area contributed by atoms with Crippen molar-refractivity contribution in [1.29, 1.82) is 0 Å². The third-order valence-corrected chi connectivity index (χ3v) is 2.41. The number of hydrogen-bond acceptors (Lipinski definition) is 1. The Bertz CT molecular complexity index is 339. The van der Waals surface area contributed by atoms with Crippen LogP contribution in [-0.4, -0.2) is 11.4 Å². The Balaban J connectivity index is 2.13. The first-order chi connectivity index (χ1) is 6.75. The van der Waals surface area contributed by atoms with Crippen molar-refractivity contribution >= 4 is 6.08 Å². The van der Waals surface area contributed by atoms with Gasteiger partial charge in [-0.2, -0.15) is 0 Å². The Morgan fingerprint density at radius 3 is 2.86 bits per heavy atom. The van der Waals surface area contributed by atoms with Gasteiger partial charge < -0.3 is 4.90 Å². The van der Waals surface area contributed by atoms with E-state index in [2.05, 4.69) is 55.3 Å². The van der Waals surface area contributed by atoms with Gasteiger partial charge in [0.2, 0.25) is 0 Å². The molecule has 1 aromatic rings. The summed E-state index contributed by atoms with van der Waals surface area (Å²) in [5.74, 6) is 1.45. The second-order valence-corrected chi connectivity index (χ2v) is 4.13. The summed E-state index contributed by atoms with van der Waals surface area (Å²) in [5.41, 5.74) is 2.79. The molecule has 1 radical (unpaired) electrons. The van der Waals surface area contributed by atoms with Gasteiger partial charge in [0.15, 0.2) is 0 Å². The van der Waals surface area contributed by atoms with Crippen LogP contribution in [0.25, 0.3) is 6.08 Å². The number of hydrogen-bond donors (Lipinski definition) is 0. The molecule has 0 fully saturated rings. The summed E-state index contributed by atoms with van der Waals surface area (Å²) in [5, 5.41) is 0. The summed E-state index contributed by atoms with van der Waals surface area (Å²) in [4.78, 5) is 2.34. The summed E-state index contributed by atoms with van der Waals surface area (Å²) >= 11 is 0. The van der Waals surface area contributed by atoms with Crippen molar-refractivity contribution in [3.05, 3.63) is 47.5 Å². The van der Waals surface area contributed by atoms with Crippen LogP contribution in [0.5, 0.6) is 0 Å².